The molecule has 8 heteroatoms. The molecule has 0 bridgehead atoms. The molecule has 0 spiro atoms. The second kappa shape index (κ2) is 11.3. The van der Waals surface area contributed by atoms with Gasteiger partial charge in [-0.05, 0) is 29.8 Å². The monoisotopic (exact) mass is 514 g/mol. The van der Waals surface area contributed by atoms with Crippen molar-refractivity contribution in [3.63, 3.8) is 0 Å². The van der Waals surface area contributed by atoms with Crippen LogP contribution < -0.4 is 25.4 Å². The Morgan fingerprint density at radius 2 is 1.75 bits per heavy atom. The van der Waals surface area contributed by atoms with E-state index in [0.717, 1.165) is 24.3 Å². The minimum atomic E-state index is 0. The maximum absolute atomic E-state index is 6.02. The second-order valence-corrected chi connectivity index (χ2v) is 7.39. The summed E-state index contributed by atoms with van der Waals surface area (Å²) in [7, 11) is 3.21. The Morgan fingerprint density at radius 3 is 2.39 bits per heavy atom. The Bertz CT molecular complexity index is 780. The third-order valence-corrected chi connectivity index (χ3v) is 5.34. The van der Waals surface area contributed by atoms with Gasteiger partial charge in [0.1, 0.15) is 0 Å². The number of guanidine groups is 1. The Balaban J connectivity index is 0.00000280. The van der Waals surface area contributed by atoms with E-state index < -0.39 is 0 Å². The molecule has 152 valence electrons. The Morgan fingerprint density at radius 1 is 1.07 bits per heavy atom. The van der Waals surface area contributed by atoms with E-state index in [1.807, 2.05) is 30.0 Å². The molecule has 2 aromatic carbocycles. The quantitative estimate of drug-likeness (QED) is 0.347. The average molecular weight is 514 g/mol. The van der Waals surface area contributed by atoms with Gasteiger partial charge < -0.3 is 25.4 Å². The van der Waals surface area contributed by atoms with E-state index in [2.05, 4.69) is 39.5 Å². The molecule has 1 aliphatic rings. The summed E-state index contributed by atoms with van der Waals surface area (Å²) in [5.41, 5.74) is 9.22. The van der Waals surface area contributed by atoms with Crippen LogP contribution in [0.15, 0.2) is 47.5 Å². The molecule has 0 saturated carbocycles. The van der Waals surface area contributed by atoms with E-state index in [4.69, 9.17) is 15.2 Å². The highest BCUT2D eigenvalue weighted by molar-refractivity contribution is 14.0. The number of hydrogen-bond acceptors (Lipinski definition) is 5. The molecular weight excluding hydrogens is 487 g/mol. The maximum Gasteiger partial charge on any atom is 0.193 e. The van der Waals surface area contributed by atoms with Crippen LogP contribution in [-0.2, 0) is 6.54 Å². The van der Waals surface area contributed by atoms with Crippen LogP contribution in [0.1, 0.15) is 5.56 Å². The van der Waals surface area contributed by atoms with Crippen molar-refractivity contribution in [3.05, 3.63) is 48.0 Å². The highest BCUT2D eigenvalue weighted by atomic mass is 127. The first-order valence-corrected chi connectivity index (χ1v) is 10.1. The summed E-state index contributed by atoms with van der Waals surface area (Å²) >= 11 is 2.02. The normalized spacial score (nSPS) is 14.2. The first kappa shape index (κ1) is 22.5. The fourth-order valence-corrected chi connectivity index (χ4v) is 3.81. The molecule has 1 fully saturated rings. The van der Waals surface area contributed by atoms with Crippen molar-refractivity contribution in [1.29, 1.82) is 0 Å². The molecular formula is C20H27IN4O2S. The first-order chi connectivity index (χ1) is 13.2. The zero-order valence-corrected chi connectivity index (χ0v) is 19.3. The van der Waals surface area contributed by atoms with Crippen LogP contribution in [0.2, 0.25) is 0 Å². The van der Waals surface area contributed by atoms with Gasteiger partial charge in [0.25, 0.3) is 0 Å². The summed E-state index contributed by atoms with van der Waals surface area (Å²) in [4.78, 5) is 6.85. The van der Waals surface area contributed by atoms with Crippen LogP contribution in [-0.4, -0.2) is 44.8 Å². The summed E-state index contributed by atoms with van der Waals surface area (Å²) in [5, 5.41) is 3.08. The lowest BCUT2D eigenvalue weighted by Gasteiger charge is -2.28. The smallest absolute Gasteiger partial charge is 0.193 e. The van der Waals surface area contributed by atoms with Crippen molar-refractivity contribution >= 4 is 53.1 Å². The van der Waals surface area contributed by atoms with E-state index in [-0.39, 0.29) is 24.0 Å². The van der Waals surface area contributed by atoms with Crippen LogP contribution in [0.3, 0.4) is 0 Å². The number of thioether (sulfide) groups is 1. The van der Waals surface area contributed by atoms with Crippen molar-refractivity contribution in [3.8, 4) is 11.5 Å². The second-order valence-electron chi connectivity index (χ2n) is 6.16. The number of hydrogen-bond donors (Lipinski definition) is 2. The summed E-state index contributed by atoms with van der Waals surface area (Å²) in [6.07, 6.45) is 0. The number of nitrogens with one attached hydrogen (secondary N) is 1. The lowest BCUT2D eigenvalue weighted by atomic mass is 10.2. The molecule has 3 rings (SSSR count). The highest BCUT2D eigenvalue weighted by Crippen LogP contribution is 2.29. The Labute approximate surface area is 187 Å². The fraction of sp³-hybridized carbons (Fsp3) is 0.350. The van der Waals surface area contributed by atoms with Crippen molar-refractivity contribution in [2.75, 3.05) is 49.0 Å². The number of nitrogens with two attached hydrogens (primary N) is 1. The number of nitrogens with zero attached hydrogens (tertiary/aromatic N) is 2. The molecule has 3 N–H and O–H groups in total. The summed E-state index contributed by atoms with van der Waals surface area (Å²) in [6, 6.07) is 14.1. The Hall–Kier alpha value is -1.81. The van der Waals surface area contributed by atoms with Gasteiger partial charge in [0.15, 0.2) is 17.5 Å². The van der Waals surface area contributed by atoms with E-state index in [0.29, 0.717) is 24.0 Å². The number of rotatable bonds is 6. The van der Waals surface area contributed by atoms with Gasteiger partial charge in [-0.1, -0.05) is 12.1 Å². The predicted octanol–water partition coefficient (Wildman–Crippen LogP) is 3.80. The third-order valence-electron chi connectivity index (χ3n) is 4.40. The number of methoxy groups -OCH3 is 2. The van der Waals surface area contributed by atoms with Gasteiger partial charge >= 0.3 is 0 Å². The largest absolute Gasteiger partial charge is 0.493 e. The minimum Gasteiger partial charge on any atom is -0.493 e. The zero-order chi connectivity index (χ0) is 19.1. The lowest BCUT2D eigenvalue weighted by Crippen LogP contribution is -2.32. The molecule has 6 nitrogen and oxygen atoms in total. The van der Waals surface area contributed by atoms with Gasteiger partial charge in [0.2, 0.25) is 0 Å². The maximum atomic E-state index is 6.02. The van der Waals surface area contributed by atoms with E-state index >= 15 is 0 Å². The molecule has 0 radical (unpaired) electrons. The van der Waals surface area contributed by atoms with Gasteiger partial charge in [0.05, 0.1) is 20.8 Å². The molecule has 0 atom stereocenters. The van der Waals surface area contributed by atoms with Crippen molar-refractivity contribution in [2.24, 2.45) is 10.7 Å². The standard InChI is InChI=1S/C20H26N4O2S.HI/c1-25-18-8-5-16(13-19(18)26-2)23-20(21)22-14-15-3-6-17(7-4-15)24-9-11-27-12-10-24;/h3-8,13H,9-12,14H2,1-2H3,(H3,21,22,23);1H. The Kier molecular flexibility index (Phi) is 9.04. The average Bonchev–Trinajstić information content (AvgIpc) is 2.73. The van der Waals surface area contributed by atoms with Crippen molar-refractivity contribution in [2.45, 2.75) is 6.54 Å². The van der Waals surface area contributed by atoms with Gasteiger partial charge in [-0.2, -0.15) is 11.8 Å². The molecule has 1 aliphatic heterocycles. The number of aliphatic imine (C=N–C) groups is 1. The molecule has 1 saturated heterocycles. The van der Waals surface area contributed by atoms with Gasteiger partial charge in [-0.3, -0.25) is 0 Å². The van der Waals surface area contributed by atoms with Crippen LogP contribution in [0.4, 0.5) is 11.4 Å². The molecule has 28 heavy (non-hydrogen) atoms. The molecule has 0 amide bonds. The van der Waals surface area contributed by atoms with E-state index in [1.54, 1.807) is 14.2 Å². The van der Waals surface area contributed by atoms with Crippen LogP contribution in [0.25, 0.3) is 0 Å². The molecule has 0 aliphatic carbocycles. The predicted molar refractivity (Wildman–Crippen MR) is 130 cm³/mol. The lowest BCUT2D eigenvalue weighted by molar-refractivity contribution is 0.355. The molecule has 1 heterocycles. The highest BCUT2D eigenvalue weighted by Gasteiger charge is 2.10. The topological polar surface area (TPSA) is 72.1 Å². The number of benzene rings is 2. The molecule has 0 aromatic heterocycles. The summed E-state index contributed by atoms with van der Waals surface area (Å²) in [6.45, 7) is 2.76. The van der Waals surface area contributed by atoms with Gasteiger partial charge in [-0.25, -0.2) is 4.99 Å². The van der Waals surface area contributed by atoms with Crippen molar-refractivity contribution in [1.82, 2.24) is 0 Å². The summed E-state index contributed by atoms with van der Waals surface area (Å²) in [5.74, 6) is 4.07. The van der Waals surface area contributed by atoms with Crippen LogP contribution >= 0.6 is 35.7 Å². The van der Waals surface area contributed by atoms with Crippen molar-refractivity contribution < 1.29 is 9.47 Å². The first-order valence-electron chi connectivity index (χ1n) is 8.90. The number of halogens is 1. The van der Waals surface area contributed by atoms with Crippen LogP contribution in [0, 0.1) is 0 Å². The zero-order valence-electron chi connectivity index (χ0n) is 16.2. The SMILES string of the molecule is COc1ccc(NC(N)=NCc2ccc(N3CCSCC3)cc2)cc1OC.I. The fourth-order valence-electron chi connectivity index (χ4n) is 2.91. The van der Waals surface area contributed by atoms with Gasteiger partial charge in [0, 0.05) is 42.0 Å². The molecule has 0 unspecified atom stereocenters. The van der Waals surface area contributed by atoms with E-state index in [1.165, 1.54) is 17.2 Å². The van der Waals surface area contributed by atoms with Gasteiger partial charge in [-0.15, -0.1) is 24.0 Å². The number of ether oxygens (including phenoxy) is 2. The third kappa shape index (κ3) is 6.10. The molecule has 2 aromatic rings. The number of anilines is 2. The summed E-state index contributed by atoms with van der Waals surface area (Å²) < 4.78 is 10.5. The van der Waals surface area contributed by atoms with E-state index in [9.17, 15) is 0 Å². The van der Waals surface area contributed by atoms with Crippen LogP contribution in [0.5, 0.6) is 11.5 Å². The minimum absolute atomic E-state index is 0.